The fraction of sp³-hybridized carbons (Fsp3) is 0.0400. The van der Waals surface area contributed by atoms with Crippen LogP contribution in [-0.2, 0) is 0 Å². The van der Waals surface area contributed by atoms with E-state index in [9.17, 15) is 10.0 Å². The molecule has 0 fully saturated rings. The minimum absolute atomic E-state index is 0.506. The summed E-state index contributed by atoms with van der Waals surface area (Å²) in [6, 6.07) is 28.3. The molecule has 0 amide bonds. The predicted molar refractivity (Wildman–Crippen MR) is 124 cm³/mol. The first-order valence-corrected chi connectivity index (χ1v) is 9.60. The van der Waals surface area contributed by atoms with Gasteiger partial charge in [-0.25, -0.2) is 0 Å². The van der Waals surface area contributed by atoms with Crippen molar-refractivity contribution in [1.29, 1.82) is 0 Å². The monoisotopic (exact) mass is 379 g/mol. The van der Waals surface area contributed by atoms with E-state index in [1.54, 1.807) is 12.1 Å². The summed E-state index contributed by atoms with van der Waals surface area (Å²) in [6.07, 6.45) is 1.75. The summed E-state index contributed by atoms with van der Waals surface area (Å²) in [4.78, 5) is 0. The first kappa shape index (κ1) is 19.0. The van der Waals surface area contributed by atoms with Gasteiger partial charge in [0.2, 0.25) is 0 Å². The van der Waals surface area contributed by atoms with Gasteiger partial charge in [-0.2, -0.15) is 0 Å². The maximum atomic E-state index is 9.97. The van der Waals surface area contributed by atoms with Gasteiger partial charge in [0.05, 0.1) is 11.0 Å². The standard InChI is InChI=1S/C22H16BNO2.C3H6/c25-23(26)19-12-6-11-18-21-17-10-5-4-7-15(17)13-14-20(21)24(22(18)19)16-8-2-1-3-9-16;1-3-2/h1-14,25-26H;3H,1H2,2H3. The van der Waals surface area contributed by atoms with Crippen molar-refractivity contribution in [3.05, 3.63) is 97.6 Å². The zero-order chi connectivity index (χ0) is 20.4. The molecule has 4 heteroatoms. The van der Waals surface area contributed by atoms with Crippen molar-refractivity contribution in [2.75, 3.05) is 0 Å². The summed E-state index contributed by atoms with van der Waals surface area (Å²) < 4.78 is 2.12. The fourth-order valence-corrected chi connectivity index (χ4v) is 3.92. The number of benzene rings is 4. The average Bonchev–Trinajstić information content (AvgIpc) is 3.09. The highest BCUT2D eigenvalue weighted by molar-refractivity contribution is 6.62. The van der Waals surface area contributed by atoms with Crippen LogP contribution >= 0.6 is 0 Å². The van der Waals surface area contributed by atoms with Crippen LogP contribution in [0.15, 0.2) is 97.6 Å². The molecule has 142 valence electrons. The van der Waals surface area contributed by atoms with E-state index in [0.29, 0.717) is 5.46 Å². The third-order valence-electron chi connectivity index (χ3n) is 5.00. The molecule has 0 aliphatic heterocycles. The number of fused-ring (bicyclic) bond motifs is 5. The lowest BCUT2D eigenvalue weighted by Crippen LogP contribution is -2.31. The lowest BCUT2D eigenvalue weighted by Gasteiger charge is -2.10. The van der Waals surface area contributed by atoms with E-state index in [4.69, 9.17) is 0 Å². The van der Waals surface area contributed by atoms with Gasteiger partial charge in [-0.1, -0.05) is 72.8 Å². The number of aromatic nitrogens is 1. The molecule has 0 saturated carbocycles. The Morgan fingerprint density at radius 2 is 1.45 bits per heavy atom. The highest BCUT2D eigenvalue weighted by atomic mass is 16.4. The number of nitrogens with zero attached hydrogens (tertiary/aromatic N) is 1. The van der Waals surface area contributed by atoms with Gasteiger partial charge in [0, 0.05) is 21.9 Å². The van der Waals surface area contributed by atoms with Gasteiger partial charge in [-0.15, -0.1) is 6.58 Å². The maximum Gasteiger partial charge on any atom is 0.490 e. The molecule has 2 N–H and O–H groups in total. The van der Waals surface area contributed by atoms with Gasteiger partial charge in [0.25, 0.3) is 0 Å². The van der Waals surface area contributed by atoms with E-state index in [1.807, 2.05) is 55.5 Å². The smallest absolute Gasteiger partial charge is 0.423 e. The van der Waals surface area contributed by atoms with Gasteiger partial charge in [-0.3, -0.25) is 0 Å². The molecule has 4 aromatic carbocycles. The Hall–Kier alpha value is -3.34. The van der Waals surface area contributed by atoms with Gasteiger partial charge in [0.15, 0.2) is 0 Å². The van der Waals surface area contributed by atoms with Crippen LogP contribution < -0.4 is 5.46 Å². The van der Waals surface area contributed by atoms with Gasteiger partial charge >= 0.3 is 7.12 Å². The Balaban J connectivity index is 0.000000645. The van der Waals surface area contributed by atoms with Gasteiger partial charge in [0.1, 0.15) is 0 Å². The molecule has 0 aliphatic rings. The summed E-state index contributed by atoms with van der Waals surface area (Å²) >= 11 is 0. The Morgan fingerprint density at radius 1 is 0.793 bits per heavy atom. The van der Waals surface area contributed by atoms with Crippen molar-refractivity contribution in [2.24, 2.45) is 0 Å². The van der Waals surface area contributed by atoms with Crippen molar-refractivity contribution in [1.82, 2.24) is 4.57 Å². The number of para-hydroxylation sites is 2. The Morgan fingerprint density at radius 3 is 2.17 bits per heavy atom. The first-order chi connectivity index (χ1) is 14.2. The molecule has 0 bridgehead atoms. The maximum absolute atomic E-state index is 9.97. The molecule has 0 unspecified atom stereocenters. The number of allylic oxidation sites excluding steroid dienone is 1. The summed E-state index contributed by atoms with van der Waals surface area (Å²) in [5.74, 6) is 0. The quantitative estimate of drug-likeness (QED) is 0.342. The van der Waals surface area contributed by atoms with Crippen LogP contribution in [0.25, 0.3) is 38.3 Å². The SMILES string of the molecule is C=CC.OB(O)c1cccc2c3c4ccccc4ccc3n(-c3ccccc3)c12. The normalized spacial score (nSPS) is 10.7. The van der Waals surface area contributed by atoms with E-state index < -0.39 is 7.12 Å². The number of hydrogen-bond acceptors (Lipinski definition) is 2. The third kappa shape index (κ3) is 3.23. The van der Waals surface area contributed by atoms with Crippen LogP contribution in [0, 0.1) is 0 Å². The fourth-order valence-electron chi connectivity index (χ4n) is 3.92. The molecule has 0 aliphatic carbocycles. The molecule has 1 aromatic heterocycles. The zero-order valence-corrected chi connectivity index (χ0v) is 16.3. The molecule has 5 rings (SSSR count). The van der Waals surface area contributed by atoms with Crippen LogP contribution in [-0.4, -0.2) is 21.7 Å². The van der Waals surface area contributed by atoms with Gasteiger partial charge < -0.3 is 14.6 Å². The molecule has 29 heavy (non-hydrogen) atoms. The second-order valence-electron chi connectivity index (χ2n) is 6.88. The topological polar surface area (TPSA) is 45.4 Å². The van der Waals surface area contributed by atoms with Crippen molar-refractivity contribution < 1.29 is 10.0 Å². The molecule has 0 spiro atoms. The first-order valence-electron chi connectivity index (χ1n) is 9.60. The lowest BCUT2D eigenvalue weighted by molar-refractivity contribution is 0.426. The second-order valence-corrected chi connectivity index (χ2v) is 6.88. The minimum Gasteiger partial charge on any atom is -0.423 e. The van der Waals surface area contributed by atoms with E-state index in [1.165, 1.54) is 5.39 Å². The lowest BCUT2D eigenvalue weighted by atomic mass is 9.79. The molecule has 0 atom stereocenters. The third-order valence-corrected chi connectivity index (χ3v) is 5.00. The summed E-state index contributed by atoms with van der Waals surface area (Å²) in [7, 11) is -1.53. The largest absolute Gasteiger partial charge is 0.490 e. The highest BCUT2D eigenvalue weighted by Crippen LogP contribution is 2.36. The van der Waals surface area contributed by atoms with Crippen molar-refractivity contribution in [2.45, 2.75) is 6.92 Å². The minimum atomic E-state index is -1.53. The molecular formula is C25H22BNO2. The summed E-state index contributed by atoms with van der Waals surface area (Å²) in [5.41, 5.74) is 3.39. The summed E-state index contributed by atoms with van der Waals surface area (Å²) in [5, 5.41) is 24.4. The zero-order valence-electron chi connectivity index (χ0n) is 16.3. The van der Waals surface area contributed by atoms with Crippen molar-refractivity contribution in [3.63, 3.8) is 0 Å². The molecule has 0 saturated heterocycles. The Kier molecular flexibility index (Phi) is 5.21. The van der Waals surface area contributed by atoms with Crippen molar-refractivity contribution in [3.8, 4) is 5.69 Å². The highest BCUT2D eigenvalue weighted by Gasteiger charge is 2.22. The van der Waals surface area contributed by atoms with Gasteiger partial charge in [-0.05, 0) is 35.9 Å². The summed E-state index contributed by atoms with van der Waals surface area (Å²) in [6.45, 7) is 5.25. The van der Waals surface area contributed by atoms with Crippen LogP contribution in [0.4, 0.5) is 0 Å². The second kappa shape index (κ2) is 7.96. The van der Waals surface area contributed by atoms with Crippen LogP contribution in [0.2, 0.25) is 0 Å². The number of hydrogen-bond donors (Lipinski definition) is 2. The van der Waals surface area contributed by atoms with Crippen LogP contribution in [0.3, 0.4) is 0 Å². The molecule has 1 heterocycles. The van der Waals surface area contributed by atoms with E-state index in [0.717, 1.165) is 32.9 Å². The van der Waals surface area contributed by atoms with E-state index >= 15 is 0 Å². The van der Waals surface area contributed by atoms with Crippen LogP contribution in [0.1, 0.15) is 6.92 Å². The number of rotatable bonds is 2. The predicted octanol–water partition coefficient (Wildman–Crippen LogP) is 4.81. The van der Waals surface area contributed by atoms with E-state index in [-0.39, 0.29) is 0 Å². The molecule has 5 aromatic rings. The molecule has 3 nitrogen and oxygen atoms in total. The van der Waals surface area contributed by atoms with E-state index in [2.05, 4.69) is 41.5 Å². The average molecular weight is 379 g/mol. The van der Waals surface area contributed by atoms with Crippen LogP contribution in [0.5, 0.6) is 0 Å². The Labute approximate surface area is 170 Å². The van der Waals surface area contributed by atoms with Crippen molar-refractivity contribution >= 4 is 45.2 Å². The molecular weight excluding hydrogens is 357 g/mol. The Bertz CT molecular complexity index is 1310. The molecule has 0 radical (unpaired) electrons.